The highest BCUT2D eigenvalue weighted by Gasteiger charge is 2.44. The predicted octanol–water partition coefficient (Wildman–Crippen LogP) is 10.5. The maximum Gasteiger partial charge on any atom is 0.220 e. The van der Waals surface area contributed by atoms with Gasteiger partial charge in [-0.25, -0.2) is 0 Å². The lowest BCUT2D eigenvalue weighted by Gasteiger charge is -2.40. The third kappa shape index (κ3) is 30.3. The number of aliphatic hydroxyl groups is 6. The van der Waals surface area contributed by atoms with Crippen molar-refractivity contribution in [3.8, 4) is 0 Å². The monoisotopic (exact) mass is 858 g/mol. The fraction of sp³-hybridized carbons (Fsp3) is 0.980. The highest BCUT2D eigenvalue weighted by atomic mass is 16.7. The summed E-state index contributed by atoms with van der Waals surface area (Å²) in [6, 6.07) is -0.985. The van der Waals surface area contributed by atoms with E-state index in [0.29, 0.717) is 6.42 Å². The van der Waals surface area contributed by atoms with Crippen LogP contribution in [-0.2, 0) is 14.3 Å². The van der Waals surface area contributed by atoms with Crippen molar-refractivity contribution in [3.63, 3.8) is 0 Å². The van der Waals surface area contributed by atoms with Gasteiger partial charge in [0.1, 0.15) is 30.5 Å². The summed E-state index contributed by atoms with van der Waals surface area (Å²) in [5, 5.41) is 65.3. The van der Waals surface area contributed by atoms with Gasteiger partial charge in [-0.1, -0.05) is 232 Å². The fourth-order valence-electron chi connectivity index (χ4n) is 8.61. The topological polar surface area (TPSA) is 169 Å². The molecule has 1 rings (SSSR count). The van der Waals surface area contributed by atoms with Crippen molar-refractivity contribution in [2.24, 2.45) is 0 Å². The molecular formula is C50H99NO9. The fourth-order valence-corrected chi connectivity index (χ4v) is 8.61. The number of carbonyl (C=O) groups excluding carboxylic acids is 1. The summed E-state index contributed by atoms with van der Waals surface area (Å²) in [4.78, 5) is 13.0. The zero-order valence-electron chi connectivity index (χ0n) is 39.1. The molecule has 0 radical (unpaired) electrons. The van der Waals surface area contributed by atoms with E-state index in [1.807, 2.05) is 0 Å². The van der Waals surface area contributed by atoms with Crippen LogP contribution < -0.4 is 5.32 Å². The molecule has 0 aromatic rings. The minimum absolute atomic E-state index is 0.252. The Balaban J connectivity index is 2.26. The second kappa shape index (κ2) is 40.9. The van der Waals surface area contributed by atoms with Crippen molar-refractivity contribution in [1.82, 2.24) is 5.32 Å². The molecule has 358 valence electrons. The van der Waals surface area contributed by atoms with Crippen molar-refractivity contribution in [2.75, 3.05) is 13.2 Å². The molecule has 60 heavy (non-hydrogen) atoms. The van der Waals surface area contributed by atoms with Crippen LogP contribution in [0.1, 0.15) is 251 Å². The van der Waals surface area contributed by atoms with Crippen LogP contribution in [0.2, 0.25) is 0 Å². The number of nitrogens with one attached hydrogen (secondary N) is 1. The average Bonchev–Trinajstić information content (AvgIpc) is 3.25. The Morgan fingerprint density at radius 3 is 1.23 bits per heavy atom. The molecule has 10 nitrogen and oxygen atoms in total. The molecule has 2 unspecified atom stereocenters. The lowest BCUT2D eigenvalue weighted by molar-refractivity contribution is -0.303. The first-order chi connectivity index (χ1) is 29.3. The molecule has 0 spiro atoms. The van der Waals surface area contributed by atoms with Crippen LogP contribution in [0, 0.1) is 0 Å². The second-order valence-corrected chi connectivity index (χ2v) is 18.5. The molecule has 1 aliphatic rings. The van der Waals surface area contributed by atoms with Crippen LogP contribution in [-0.4, -0.2) is 98.7 Å². The third-order valence-electron chi connectivity index (χ3n) is 12.8. The van der Waals surface area contributed by atoms with E-state index >= 15 is 0 Å². The molecule has 0 bridgehead atoms. The number of aliphatic hydroxyl groups excluding tert-OH is 6. The lowest BCUT2D eigenvalue weighted by atomic mass is 9.98. The molecule has 0 aliphatic carbocycles. The van der Waals surface area contributed by atoms with Gasteiger partial charge in [0, 0.05) is 6.42 Å². The highest BCUT2D eigenvalue weighted by molar-refractivity contribution is 5.76. The van der Waals surface area contributed by atoms with Gasteiger partial charge in [0.25, 0.3) is 0 Å². The number of hydrogen-bond acceptors (Lipinski definition) is 9. The molecule has 7 N–H and O–H groups in total. The van der Waals surface area contributed by atoms with Gasteiger partial charge in [0.15, 0.2) is 6.29 Å². The van der Waals surface area contributed by atoms with Gasteiger partial charge in [-0.15, -0.1) is 0 Å². The second-order valence-electron chi connectivity index (χ2n) is 18.5. The van der Waals surface area contributed by atoms with E-state index in [-0.39, 0.29) is 18.9 Å². The van der Waals surface area contributed by atoms with E-state index in [1.54, 1.807) is 0 Å². The van der Waals surface area contributed by atoms with Gasteiger partial charge < -0.3 is 45.4 Å². The number of carbonyl (C=O) groups is 1. The summed E-state index contributed by atoms with van der Waals surface area (Å²) >= 11 is 0. The quantitative estimate of drug-likeness (QED) is 0.0295. The normalized spacial score (nSPS) is 21.0. The van der Waals surface area contributed by atoms with E-state index in [0.717, 1.165) is 38.5 Å². The molecular weight excluding hydrogens is 759 g/mol. The average molecular weight is 858 g/mol. The maximum atomic E-state index is 13.0. The van der Waals surface area contributed by atoms with E-state index in [2.05, 4.69) is 19.2 Å². The van der Waals surface area contributed by atoms with Gasteiger partial charge in [0.05, 0.1) is 25.4 Å². The summed E-state index contributed by atoms with van der Waals surface area (Å²) in [6.45, 7) is 3.63. The number of amides is 1. The van der Waals surface area contributed by atoms with Crippen molar-refractivity contribution < 1.29 is 44.9 Å². The van der Waals surface area contributed by atoms with Crippen molar-refractivity contribution in [3.05, 3.63) is 0 Å². The van der Waals surface area contributed by atoms with Gasteiger partial charge in [-0.3, -0.25) is 4.79 Å². The number of rotatable bonds is 44. The van der Waals surface area contributed by atoms with Crippen LogP contribution in [0.25, 0.3) is 0 Å². The Kier molecular flexibility index (Phi) is 39.0. The van der Waals surface area contributed by atoms with Crippen LogP contribution >= 0.6 is 0 Å². The Hall–Kier alpha value is -0.850. The molecule has 1 saturated heterocycles. The first-order valence-electron chi connectivity index (χ1n) is 25.8. The molecule has 8 atom stereocenters. The zero-order chi connectivity index (χ0) is 43.9. The molecule has 0 aromatic heterocycles. The highest BCUT2D eigenvalue weighted by Crippen LogP contribution is 2.23. The molecule has 0 saturated carbocycles. The summed E-state index contributed by atoms with van der Waals surface area (Å²) in [6.07, 6.45) is 35.5. The summed E-state index contributed by atoms with van der Waals surface area (Å²) < 4.78 is 11.2. The maximum absolute atomic E-state index is 13.0. The number of unbranched alkanes of at least 4 members (excludes halogenated alkanes) is 33. The van der Waals surface area contributed by atoms with Gasteiger partial charge >= 0.3 is 0 Å². The molecule has 0 aromatic carbocycles. The van der Waals surface area contributed by atoms with Crippen molar-refractivity contribution in [2.45, 2.75) is 300 Å². The van der Waals surface area contributed by atoms with Crippen molar-refractivity contribution in [1.29, 1.82) is 0 Å². The molecule has 1 amide bonds. The SMILES string of the molecule is CCCCCCCCCCCCCCCCCCCCCCCCCC(=O)N[C@@H](CO[C@@H]1O[C@H](CO)[C@@H](O)C(O)C1O)[C@H](O)[C@H](O)CCCCCCCCCCCCCC. The minimum Gasteiger partial charge on any atom is -0.394 e. The van der Waals surface area contributed by atoms with Crippen LogP contribution in [0.3, 0.4) is 0 Å². The molecule has 10 heteroatoms. The van der Waals surface area contributed by atoms with Gasteiger partial charge in [-0.2, -0.15) is 0 Å². The van der Waals surface area contributed by atoms with Gasteiger partial charge in [0.2, 0.25) is 5.91 Å². The Bertz CT molecular complexity index is 926. The van der Waals surface area contributed by atoms with Crippen LogP contribution in [0.15, 0.2) is 0 Å². The summed E-state index contributed by atoms with van der Waals surface area (Å²) in [5.74, 6) is -0.252. The number of ether oxygens (including phenoxy) is 2. The summed E-state index contributed by atoms with van der Waals surface area (Å²) in [5.41, 5.74) is 0. The van der Waals surface area contributed by atoms with E-state index in [9.17, 15) is 35.4 Å². The smallest absolute Gasteiger partial charge is 0.220 e. The molecule has 1 fully saturated rings. The zero-order valence-corrected chi connectivity index (χ0v) is 39.1. The third-order valence-corrected chi connectivity index (χ3v) is 12.8. The Labute approximate surface area is 368 Å². The Morgan fingerprint density at radius 2 is 0.867 bits per heavy atom. The van der Waals surface area contributed by atoms with Gasteiger partial charge in [-0.05, 0) is 12.8 Å². The van der Waals surface area contributed by atoms with E-state index < -0.39 is 55.6 Å². The van der Waals surface area contributed by atoms with Crippen LogP contribution in [0.4, 0.5) is 0 Å². The predicted molar refractivity (Wildman–Crippen MR) is 246 cm³/mol. The van der Waals surface area contributed by atoms with Crippen molar-refractivity contribution >= 4 is 5.91 Å². The van der Waals surface area contributed by atoms with E-state index in [1.165, 1.54) is 186 Å². The largest absolute Gasteiger partial charge is 0.394 e. The lowest BCUT2D eigenvalue weighted by Crippen LogP contribution is -2.60. The van der Waals surface area contributed by atoms with E-state index in [4.69, 9.17) is 9.47 Å². The first kappa shape index (κ1) is 57.2. The Morgan fingerprint density at radius 1 is 0.517 bits per heavy atom. The molecule has 1 heterocycles. The first-order valence-corrected chi connectivity index (χ1v) is 25.8. The summed E-state index contributed by atoms with van der Waals surface area (Å²) in [7, 11) is 0. The number of hydrogen-bond donors (Lipinski definition) is 7. The standard InChI is InChI=1S/C50H99NO9/c1-3-5-7-9-11-13-15-17-18-19-20-21-22-23-24-25-26-27-29-31-33-35-37-39-45(54)51-42(41-59-50-49(58)48(57)47(56)44(40-52)60-50)46(55)43(53)38-36-34-32-30-28-16-14-12-10-8-6-4-2/h42-44,46-50,52-53,55-58H,3-41H2,1-2H3,(H,51,54)/t42-,43+,44+,46-,47+,48?,49?,50+/m0/s1. The van der Waals surface area contributed by atoms with Crippen LogP contribution in [0.5, 0.6) is 0 Å². The minimum atomic E-state index is -1.60. The molecule has 1 aliphatic heterocycles.